The van der Waals surface area contributed by atoms with Gasteiger partial charge in [0.05, 0.1) is 16.7 Å². The highest BCUT2D eigenvalue weighted by Gasteiger charge is 2.25. The van der Waals surface area contributed by atoms with Gasteiger partial charge in [0.2, 0.25) is 0 Å². The molecule has 7 nitrogen and oxygen atoms in total. The van der Waals surface area contributed by atoms with Gasteiger partial charge in [-0.05, 0) is 38.0 Å². The van der Waals surface area contributed by atoms with Crippen molar-refractivity contribution in [2.24, 2.45) is 7.05 Å². The molecular weight excluding hydrogens is 328 g/mol. The molecule has 134 valence electrons. The van der Waals surface area contributed by atoms with E-state index in [1.54, 1.807) is 24.0 Å². The average molecular weight is 350 g/mol. The molecule has 0 saturated carbocycles. The molecule has 1 aliphatic heterocycles. The molecule has 2 aromatic heterocycles. The fraction of sp³-hybridized carbons (Fsp3) is 0.368. The van der Waals surface area contributed by atoms with E-state index >= 15 is 0 Å². The highest BCUT2D eigenvalue weighted by atomic mass is 16.2. The van der Waals surface area contributed by atoms with E-state index in [1.807, 2.05) is 31.2 Å². The molecule has 0 aliphatic carbocycles. The molecule has 3 aromatic rings. The SMILES string of the molecule is Cc1nc2ccccc2nc1N1CCCC(NC(=O)c2ccn(C)n2)C1. The van der Waals surface area contributed by atoms with Gasteiger partial charge in [0.15, 0.2) is 5.82 Å². The van der Waals surface area contributed by atoms with Crippen LogP contribution in [-0.2, 0) is 7.05 Å². The minimum absolute atomic E-state index is 0.0749. The van der Waals surface area contributed by atoms with Crippen molar-refractivity contribution < 1.29 is 4.79 Å². The van der Waals surface area contributed by atoms with Gasteiger partial charge in [-0.2, -0.15) is 5.10 Å². The van der Waals surface area contributed by atoms with Crippen LogP contribution in [0.15, 0.2) is 36.5 Å². The zero-order valence-corrected chi connectivity index (χ0v) is 15.0. The standard InChI is InChI=1S/C19H22N6O/c1-13-18(22-16-8-4-3-7-15(16)20-13)25-10-5-6-14(12-25)21-19(26)17-9-11-24(2)23-17/h3-4,7-9,11,14H,5-6,10,12H2,1-2H3,(H,21,26). The van der Waals surface area contributed by atoms with Crippen molar-refractivity contribution in [2.45, 2.75) is 25.8 Å². The first-order chi connectivity index (χ1) is 12.6. The Morgan fingerprint density at radius 1 is 1.19 bits per heavy atom. The predicted molar refractivity (Wildman–Crippen MR) is 100 cm³/mol. The van der Waals surface area contributed by atoms with Gasteiger partial charge >= 0.3 is 0 Å². The summed E-state index contributed by atoms with van der Waals surface area (Å²) in [5.74, 6) is 0.777. The number of nitrogens with zero attached hydrogens (tertiary/aromatic N) is 5. The van der Waals surface area contributed by atoms with Crippen molar-refractivity contribution in [3.63, 3.8) is 0 Å². The van der Waals surface area contributed by atoms with E-state index in [0.29, 0.717) is 5.69 Å². The first kappa shape index (κ1) is 16.5. The first-order valence-corrected chi connectivity index (χ1v) is 8.89. The van der Waals surface area contributed by atoms with Crippen LogP contribution >= 0.6 is 0 Å². The van der Waals surface area contributed by atoms with Crippen LogP contribution in [0, 0.1) is 6.92 Å². The number of amides is 1. The molecule has 1 aliphatic rings. The van der Waals surface area contributed by atoms with Crippen LogP contribution in [0.1, 0.15) is 29.0 Å². The lowest BCUT2D eigenvalue weighted by molar-refractivity contribution is 0.0927. The lowest BCUT2D eigenvalue weighted by atomic mass is 10.1. The van der Waals surface area contributed by atoms with Gasteiger partial charge in [0.25, 0.3) is 5.91 Å². The Morgan fingerprint density at radius 2 is 1.96 bits per heavy atom. The van der Waals surface area contributed by atoms with E-state index < -0.39 is 0 Å². The van der Waals surface area contributed by atoms with Crippen molar-refractivity contribution in [1.82, 2.24) is 25.1 Å². The van der Waals surface area contributed by atoms with Gasteiger partial charge in [-0.15, -0.1) is 0 Å². The lowest BCUT2D eigenvalue weighted by Gasteiger charge is -2.34. The van der Waals surface area contributed by atoms with E-state index in [0.717, 1.165) is 48.5 Å². The molecule has 26 heavy (non-hydrogen) atoms. The highest BCUT2D eigenvalue weighted by Crippen LogP contribution is 2.23. The molecule has 1 fully saturated rings. The number of carbonyl (C=O) groups excluding carboxylic acids is 1. The zero-order chi connectivity index (χ0) is 18.1. The van der Waals surface area contributed by atoms with E-state index in [9.17, 15) is 4.79 Å². The molecule has 0 spiro atoms. The summed E-state index contributed by atoms with van der Waals surface area (Å²) in [6, 6.07) is 9.71. The van der Waals surface area contributed by atoms with Crippen molar-refractivity contribution in [2.75, 3.05) is 18.0 Å². The van der Waals surface area contributed by atoms with Crippen LogP contribution in [-0.4, -0.2) is 44.8 Å². The van der Waals surface area contributed by atoms with Crippen LogP contribution < -0.4 is 10.2 Å². The van der Waals surface area contributed by atoms with Gasteiger partial charge in [-0.25, -0.2) is 9.97 Å². The Bertz CT molecular complexity index is 950. The molecule has 7 heteroatoms. The van der Waals surface area contributed by atoms with E-state index in [-0.39, 0.29) is 11.9 Å². The predicted octanol–water partition coefficient (Wildman–Crippen LogP) is 2.07. The second-order valence-electron chi connectivity index (χ2n) is 6.75. The second-order valence-corrected chi connectivity index (χ2v) is 6.75. The molecular formula is C19H22N6O. The smallest absolute Gasteiger partial charge is 0.272 e. The second kappa shape index (κ2) is 6.74. The Balaban J connectivity index is 1.51. The number of aromatic nitrogens is 4. The maximum absolute atomic E-state index is 12.4. The molecule has 3 heterocycles. The molecule has 1 N–H and O–H groups in total. The Morgan fingerprint density at radius 3 is 2.69 bits per heavy atom. The summed E-state index contributed by atoms with van der Waals surface area (Å²) >= 11 is 0. The number of piperidine rings is 1. The molecule has 4 rings (SSSR count). The number of hydrogen-bond donors (Lipinski definition) is 1. The summed E-state index contributed by atoms with van der Waals surface area (Å²) in [5.41, 5.74) is 3.17. The van der Waals surface area contributed by atoms with Gasteiger partial charge in [-0.3, -0.25) is 9.48 Å². The molecule has 1 unspecified atom stereocenters. The van der Waals surface area contributed by atoms with E-state index in [4.69, 9.17) is 4.98 Å². The summed E-state index contributed by atoms with van der Waals surface area (Å²) in [6.07, 6.45) is 3.73. The maximum atomic E-state index is 12.4. The largest absolute Gasteiger partial charge is 0.353 e. The van der Waals surface area contributed by atoms with E-state index in [2.05, 4.69) is 20.3 Å². The van der Waals surface area contributed by atoms with Crippen LogP contribution in [0.2, 0.25) is 0 Å². The number of fused-ring (bicyclic) bond motifs is 1. The molecule has 0 radical (unpaired) electrons. The van der Waals surface area contributed by atoms with E-state index in [1.165, 1.54) is 0 Å². The number of rotatable bonds is 3. The number of aryl methyl sites for hydroxylation is 2. The number of benzene rings is 1. The van der Waals surface area contributed by atoms with Crippen molar-refractivity contribution in [3.05, 3.63) is 47.9 Å². The third-order valence-electron chi connectivity index (χ3n) is 4.72. The Hall–Kier alpha value is -2.96. The summed E-state index contributed by atoms with van der Waals surface area (Å²) in [7, 11) is 1.81. The first-order valence-electron chi connectivity index (χ1n) is 8.89. The molecule has 1 atom stereocenters. The molecule has 1 aromatic carbocycles. The Kier molecular flexibility index (Phi) is 4.28. The minimum Gasteiger partial charge on any atom is -0.353 e. The number of carbonyl (C=O) groups is 1. The van der Waals surface area contributed by atoms with Gasteiger partial charge in [-0.1, -0.05) is 12.1 Å². The topological polar surface area (TPSA) is 75.9 Å². The number of nitrogens with one attached hydrogen (secondary N) is 1. The van der Waals surface area contributed by atoms with Gasteiger partial charge < -0.3 is 10.2 Å². The van der Waals surface area contributed by atoms with Crippen molar-refractivity contribution in [1.29, 1.82) is 0 Å². The number of hydrogen-bond acceptors (Lipinski definition) is 5. The monoisotopic (exact) mass is 350 g/mol. The van der Waals surface area contributed by atoms with Gasteiger partial charge in [0, 0.05) is 32.4 Å². The maximum Gasteiger partial charge on any atom is 0.272 e. The lowest BCUT2D eigenvalue weighted by Crippen LogP contribution is -2.48. The zero-order valence-electron chi connectivity index (χ0n) is 15.0. The van der Waals surface area contributed by atoms with Crippen molar-refractivity contribution in [3.8, 4) is 0 Å². The molecule has 1 saturated heterocycles. The average Bonchev–Trinajstić information content (AvgIpc) is 3.08. The van der Waals surface area contributed by atoms with Gasteiger partial charge in [0.1, 0.15) is 5.69 Å². The fourth-order valence-electron chi connectivity index (χ4n) is 3.46. The quantitative estimate of drug-likeness (QED) is 0.783. The number of anilines is 1. The Labute approximate surface area is 152 Å². The summed E-state index contributed by atoms with van der Waals surface area (Å²) in [5, 5.41) is 7.27. The summed E-state index contributed by atoms with van der Waals surface area (Å²) in [4.78, 5) is 24.1. The summed E-state index contributed by atoms with van der Waals surface area (Å²) < 4.78 is 1.64. The molecule has 1 amide bonds. The normalized spacial score (nSPS) is 17.5. The fourth-order valence-corrected chi connectivity index (χ4v) is 3.46. The van der Waals surface area contributed by atoms with Crippen LogP contribution in [0.4, 0.5) is 5.82 Å². The minimum atomic E-state index is -0.126. The van der Waals surface area contributed by atoms with Crippen LogP contribution in [0.25, 0.3) is 11.0 Å². The van der Waals surface area contributed by atoms with Crippen molar-refractivity contribution >= 4 is 22.8 Å². The summed E-state index contributed by atoms with van der Waals surface area (Å²) in [6.45, 7) is 3.64. The highest BCUT2D eigenvalue weighted by molar-refractivity contribution is 5.92. The van der Waals surface area contributed by atoms with Crippen LogP contribution in [0.3, 0.4) is 0 Å². The number of para-hydroxylation sites is 2. The third kappa shape index (κ3) is 3.24. The third-order valence-corrected chi connectivity index (χ3v) is 4.72. The van der Waals surface area contributed by atoms with Crippen LogP contribution in [0.5, 0.6) is 0 Å². The molecule has 0 bridgehead atoms.